The van der Waals surface area contributed by atoms with Crippen molar-refractivity contribution in [2.75, 3.05) is 12.9 Å². The number of methoxy groups -OCH3 is 1. The average molecular weight is 286 g/mol. The van der Waals surface area contributed by atoms with Gasteiger partial charge in [0.15, 0.2) is 0 Å². The van der Waals surface area contributed by atoms with Crippen LogP contribution in [0.25, 0.3) is 0 Å². The quantitative estimate of drug-likeness (QED) is 0.615. The van der Waals surface area contributed by atoms with Gasteiger partial charge >= 0.3 is 5.97 Å². The number of aromatic nitrogens is 1. The molecule has 1 saturated carbocycles. The number of carbonyl (C=O) groups is 1. The Kier molecular flexibility index (Phi) is 5.03. The topological polar surface area (TPSA) is 51.2 Å². The summed E-state index contributed by atoms with van der Waals surface area (Å²) in [6.07, 6.45) is 3.13. The third-order valence-corrected chi connectivity index (χ3v) is 4.90. The number of thioether (sulfide) groups is 1. The van der Waals surface area contributed by atoms with E-state index in [-0.39, 0.29) is 12.0 Å². The van der Waals surface area contributed by atoms with E-state index in [1.54, 1.807) is 23.1 Å². The zero-order chi connectivity index (χ0) is 13.0. The Bertz CT molecular complexity index is 405. The van der Waals surface area contributed by atoms with Crippen LogP contribution in [-0.2, 0) is 9.53 Å². The lowest BCUT2D eigenvalue weighted by Crippen LogP contribution is -2.39. The summed E-state index contributed by atoms with van der Waals surface area (Å²) in [5.41, 5.74) is 1.06. The first kappa shape index (κ1) is 13.8. The Morgan fingerprint density at radius 2 is 2.50 bits per heavy atom. The molecule has 0 radical (unpaired) electrons. The summed E-state index contributed by atoms with van der Waals surface area (Å²) in [6.45, 7) is 1.99. The molecule has 4 nitrogen and oxygen atoms in total. The van der Waals surface area contributed by atoms with Crippen molar-refractivity contribution in [3.63, 3.8) is 0 Å². The van der Waals surface area contributed by atoms with Gasteiger partial charge in [-0.3, -0.25) is 4.79 Å². The van der Waals surface area contributed by atoms with Gasteiger partial charge in [0.05, 0.1) is 7.11 Å². The van der Waals surface area contributed by atoms with Crippen LogP contribution in [0, 0.1) is 6.92 Å². The van der Waals surface area contributed by atoms with Crippen molar-refractivity contribution in [1.29, 1.82) is 0 Å². The van der Waals surface area contributed by atoms with Gasteiger partial charge in [-0.25, -0.2) is 4.98 Å². The molecule has 1 aliphatic rings. The van der Waals surface area contributed by atoms with Crippen LogP contribution in [0.5, 0.6) is 0 Å². The average Bonchev–Trinajstić information content (AvgIpc) is 3.09. The molecule has 1 aliphatic carbocycles. The van der Waals surface area contributed by atoms with E-state index >= 15 is 0 Å². The highest BCUT2D eigenvalue weighted by Gasteiger charge is 2.28. The van der Waals surface area contributed by atoms with Crippen LogP contribution >= 0.6 is 23.1 Å². The van der Waals surface area contributed by atoms with Gasteiger partial charge in [0.25, 0.3) is 0 Å². The zero-order valence-electron chi connectivity index (χ0n) is 10.6. The van der Waals surface area contributed by atoms with E-state index < -0.39 is 0 Å². The third-order valence-electron chi connectivity index (χ3n) is 2.73. The lowest BCUT2D eigenvalue weighted by molar-refractivity contribution is -0.143. The van der Waals surface area contributed by atoms with Gasteiger partial charge in [-0.15, -0.1) is 11.3 Å². The van der Waals surface area contributed by atoms with Crippen molar-refractivity contribution in [1.82, 2.24) is 10.3 Å². The first-order valence-electron chi connectivity index (χ1n) is 6.08. The molecule has 0 spiro atoms. The van der Waals surface area contributed by atoms with Crippen LogP contribution < -0.4 is 5.32 Å². The minimum absolute atomic E-state index is 0.155. The summed E-state index contributed by atoms with van der Waals surface area (Å²) in [4.78, 5) is 16.0. The number of nitrogens with zero attached hydrogens (tertiary/aromatic N) is 1. The van der Waals surface area contributed by atoms with Gasteiger partial charge in [0.1, 0.15) is 10.4 Å². The van der Waals surface area contributed by atoms with Crippen molar-refractivity contribution in [3.05, 3.63) is 11.1 Å². The first-order valence-corrected chi connectivity index (χ1v) is 7.94. The number of ether oxygens (including phenoxy) is 1. The normalized spacial score (nSPS) is 16.6. The van der Waals surface area contributed by atoms with E-state index in [4.69, 9.17) is 4.74 Å². The molecule has 0 saturated heterocycles. The van der Waals surface area contributed by atoms with Crippen LogP contribution in [0.4, 0.5) is 0 Å². The maximum Gasteiger partial charge on any atom is 0.322 e. The van der Waals surface area contributed by atoms with Crippen LogP contribution in [-0.4, -0.2) is 35.9 Å². The van der Waals surface area contributed by atoms with Crippen molar-refractivity contribution >= 4 is 29.1 Å². The number of hydrogen-bond acceptors (Lipinski definition) is 6. The van der Waals surface area contributed by atoms with E-state index in [2.05, 4.69) is 10.3 Å². The number of nitrogens with one attached hydrogen (secondary N) is 1. The molecule has 100 valence electrons. The fourth-order valence-corrected chi connectivity index (χ4v) is 3.53. The highest BCUT2D eigenvalue weighted by Crippen LogP contribution is 2.24. The zero-order valence-corrected chi connectivity index (χ0v) is 12.3. The van der Waals surface area contributed by atoms with Gasteiger partial charge < -0.3 is 10.1 Å². The molecule has 0 aliphatic heterocycles. The van der Waals surface area contributed by atoms with Crippen LogP contribution in [0.3, 0.4) is 0 Å². The maximum atomic E-state index is 11.6. The van der Waals surface area contributed by atoms with E-state index in [0.29, 0.717) is 6.04 Å². The van der Waals surface area contributed by atoms with E-state index in [1.807, 2.05) is 12.3 Å². The first-order chi connectivity index (χ1) is 8.69. The summed E-state index contributed by atoms with van der Waals surface area (Å²) >= 11 is 3.36. The predicted octanol–water partition coefficient (Wildman–Crippen LogP) is 2.23. The van der Waals surface area contributed by atoms with Gasteiger partial charge in [-0.1, -0.05) is 11.8 Å². The second-order valence-corrected chi connectivity index (χ2v) is 6.61. The van der Waals surface area contributed by atoms with Crippen molar-refractivity contribution in [2.24, 2.45) is 0 Å². The van der Waals surface area contributed by atoms with Crippen LogP contribution in [0.2, 0.25) is 0 Å². The fraction of sp³-hybridized carbons (Fsp3) is 0.667. The standard InChI is InChI=1S/C12H18N2O2S2/c1-8-7-18-12(13-8)17-6-5-10(11(15)16-2)14-9-3-4-9/h7,9-10,14H,3-6H2,1-2H3. The minimum Gasteiger partial charge on any atom is -0.468 e. The molecule has 6 heteroatoms. The van der Waals surface area contributed by atoms with Gasteiger partial charge in [-0.05, 0) is 26.2 Å². The fourth-order valence-electron chi connectivity index (χ4n) is 1.61. The monoisotopic (exact) mass is 286 g/mol. The smallest absolute Gasteiger partial charge is 0.322 e. The minimum atomic E-state index is -0.170. The SMILES string of the molecule is COC(=O)C(CCSc1nc(C)cs1)NC1CC1. The van der Waals surface area contributed by atoms with Gasteiger partial charge in [-0.2, -0.15) is 0 Å². The second kappa shape index (κ2) is 6.54. The van der Waals surface area contributed by atoms with E-state index in [1.165, 1.54) is 20.0 Å². The molecule has 1 heterocycles. The molecular formula is C12H18N2O2S2. The molecule has 2 rings (SSSR count). The maximum absolute atomic E-state index is 11.6. The third kappa shape index (κ3) is 4.26. The second-order valence-electron chi connectivity index (χ2n) is 4.41. The van der Waals surface area contributed by atoms with Crippen LogP contribution in [0.1, 0.15) is 25.0 Å². The highest BCUT2D eigenvalue weighted by molar-refractivity contribution is 8.01. The Labute approximate surface area is 116 Å². The van der Waals surface area contributed by atoms with Crippen molar-refractivity contribution < 1.29 is 9.53 Å². The largest absolute Gasteiger partial charge is 0.468 e. The summed E-state index contributed by atoms with van der Waals surface area (Å²) in [5.74, 6) is 0.727. The number of hydrogen-bond donors (Lipinski definition) is 1. The number of thiazole rings is 1. The molecule has 1 aromatic rings. The Morgan fingerprint density at radius 1 is 1.72 bits per heavy atom. The molecule has 1 unspecified atom stereocenters. The molecule has 0 aromatic carbocycles. The summed E-state index contributed by atoms with van der Waals surface area (Å²) < 4.78 is 5.90. The Morgan fingerprint density at radius 3 is 3.06 bits per heavy atom. The molecule has 0 amide bonds. The molecule has 1 fully saturated rings. The molecule has 18 heavy (non-hydrogen) atoms. The predicted molar refractivity (Wildman–Crippen MR) is 74.2 cm³/mol. The van der Waals surface area contributed by atoms with Crippen LogP contribution in [0.15, 0.2) is 9.72 Å². The molecular weight excluding hydrogens is 268 g/mol. The Balaban J connectivity index is 1.75. The number of aryl methyl sites for hydroxylation is 1. The summed E-state index contributed by atoms with van der Waals surface area (Å²) in [7, 11) is 1.45. The molecule has 0 bridgehead atoms. The number of rotatable bonds is 7. The summed E-state index contributed by atoms with van der Waals surface area (Å²) in [6, 6.07) is 0.345. The molecule has 1 N–H and O–H groups in total. The van der Waals surface area contributed by atoms with Crippen molar-refractivity contribution in [3.8, 4) is 0 Å². The lowest BCUT2D eigenvalue weighted by atomic mass is 10.2. The molecule has 1 atom stereocenters. The van der Waals surface area contributed by atoms with Gasteiger partial charge in [0, 0.05) is 22.9 Å². The molecule has 1 aromatic heterocycles. The lowest BCUT2D eigenvalue weighted by Gasteiger charge is -2.15. The van der Waals surface area contributed by atoms with Gasteiger partial charge in [0.2, 0.25) is 0 Å². The van der Waals surface area contributed by atoms with Crippen molar-refractivity contribution in [2.45, 2.75) is 42.6 Å². The number of carbonyl (C=O) groups excluding carboxylic acids is 1. The highest BCUT2D eigenvalue weighted by atomic mass is 32.2. The van der Waals surface area contributed by atoms with E-state index in [0.717, 1.165) is 22.2 Å². The number of esters is 1. The summed E-state index contributed by atoms with van der Waals surface area (Å²) in [5, 5.41) is 5.37. The Hall–Kier alpha value is -0.590. The van der Waals surface area contributed by atoms with E-state index in [9.17, 15) is 4.79 Å².